The zero-order valence-corrected chi connectivity index (χ0v) is 8.59. The molecule has 3 atom stereocenters. The van der Waals surface area contributed by atoms with Crippen molar-refractivity contribution >= 4 is 11.8 Å². The van der Waals surface area contributed by atoms with E-state index < -0.39 is 11.4 Å². The van der Waals surface area contributed by atoms with E-state index in [2.05, 4.69) is 4.74 Å². The summed E-state index contributed by atoms with van der Waals surface area (Å²) in [7, 11) is 1.33. The van der Waals surface area contributed by atoms with Gasteiger partial charge in [-0.1, -0.05) is 13.8 Å². The standard InChI is InChI=1S/C10H16O3/c1-6-5-8(11)10(3,7(6)2)9(12)13-4/h6-7H,5H2,1-4H3/t6-,7+,10-/m0/s1. The van der Waals surface area contributed by atoms with Crippen LogP contribution in [0.15, 0.2) is 0 Å². The fourth-order valence-electron chi connectivity index (χ4n) is 2.02. The number of methoxy groups -OCH3 is 1. The minimum absolute atomic E-state index is 0.0133. The molecule has 0 radical (unpaired) electrons. The molecule has 74 valence electrons. The van der Waals surface area contributed by atoms with Crippen molar-refractivity contribution in [1.29, 1.82) is 0 Å². The van der Waals surface area contributed by atoms with Gasteiger partial charge in [0, 0.05) is 6.42 Å². The van der Waals surface area contributed by atoms with Crippen molar-refractivity contribution in [2.75, 3.05) is 7.11 Å². The predicted octanol–water partition coefficient (Wildman–Crippen LogP) is 1.41. The number of carbonyl (C=O) groups excluding carboxylic acids is 2. The Kier molecular flexibility index (Phi) is 2.46. The van der Waals surface area contributed by atoms with Gasteiger partial charge in [0.1, 0.15) is 11.2 Å². The molecule has 1 saturated carbocycles. The van der Waals surface area contributed by atoms with Gasteiger partial charge in [-0.15, -0.1) is 0 Å². The fourth-order valence-corrected chi connectivity index (χ4v) is 2.02. The third-order valence-electron chi connectivity index (χ3n) is 3.46. The molecule has 3 nitrogen and oxygen atoms in total. The Morgan fingerprint density at radius 2 is 2.08 bits per heavy atom. The summed E-state index contributed by atoms with van der Waals surface area (Å²) in [5.41, 5.74) is -0.909. The third kappa shape index (κ3) is 1.26. The molecule has 0 bridgehead atoms. The van der Waals surface area contributed by atoms with Crippen molar-refractivity contribution in [2.24, 2.45) is 17.3 Å². The molecule has 0 N–H and O–H groups in total. The molecule has 0 aromatic carbocycles. The summed E-state index contributed by atoms with van der Waals surface area (Å²) in [6.07, 6.45) is 0.493. The first-order valence-corrected chi connectivity index (χ1v) is 4.56. The number of ketones is 1. The highest BCUT2D eigenvalue weighted by Gasteiger charge is 2.53. The Labute approximate surface area is 78.5 Å². The molecule has 1 aliphatic rings. The molecular weight excluding hydrogens is 168 g/mol. The van der Waals surface area contributed by atoms with Gasteiger partial charge in [0.15, 0.2) is 0 Å². The normalized spacial score (nSPS) is 39.2. The SMILES string of the molecule is COC(=O)[C@]1(C)C(=O)C[C@H](C)[C@H]1C. The summed E-state index contributed by atoms with van der Waals surface area (Å²) in [5, 5.41) is 0. The van der Waals surface area contributed by atoms with Crippen LogP contribution >= 0.6 is 0 Å². The highest BCUT2D eigenvalue weighted by molar-refractivity contribution is 6.05. The third-order valence-corrected chi connectivity index (χ3v) is 3.46. The van der Waals surface area contributed by atoms with Crippen molar-refractivity contribution < 1.29 is 14.3 Å². The number of ether oxygens (including phenoxy) is 1. The molecule has 0 aromatic heterocycles. The van der Waals surface area contributed by atoms with Crippen molar-refractivity contribution in [1.82, 2.24) is 0 Å². The van der Waals surface area contributed by atoms with Crippen LogP contribution in [0, 0.1) is 17.3 Å². The first kappa shape index (κ1) is 10.2. The molecule has 0 amide bonds. The second-order valence-corrected chi connectivity index (χ2v) is 4.09. The molecule has 0 heterocycles. The summed E-state index contributed by atoms with van der Waals surface area (Å²) in [5.74, 6) is -0.0299. The van der Waals surface area contributed by atoms with Gasteiger partial charge < -0.3 is 4.74 Å². The zero-order valence-electron chi connectivity index (χ0n) is 8.59. The van der Waals surface area contributed by atoms with E-state index in [1.54, 1.807) is 6.92 Å². The van der Waals surface area contributed by atoms with Crippen LogP contribution in [0.5, 0.6) is 0 Å². The summed E-state index contributed by atoms with van der Waals surface area (Å²) in [6.45, 7) is 5.62. The smallest absolute Gasteiger partial charge is 0.319 e. The fraction of sp³-hybridized carbons (Fsp3) is 0.800. The van der Waals surface area contributed by atoms with Gasteiger partial charge in [-0.05, 0) is 18.8 Å². The lowest BCUT2D eigenvalue weighted by Crippen LogP contribution is -2.38. The quantitative estimate of drug-likeness (QED) is 0.457. The van der Waals surface area contributed by atoms with E-state index in [0.29, 0.717) is 6.42 Å². The lowest BCUT2D eigenvalue weighted by atomic mass is 9.78. The van der Waals surface area contributed by atoms with E-state index in [1.165, 1.54) is 7.11 Å². The first-order valence-electron chi connectivity index (χ1n) is 4.56. The van der Waals surface area contributed by atoms with Crippen LogP contribution in [0.3, 0.4) is 0 Å². The Bertz CT molecular complexity index is 237. The van der Waals surface area contributed by atoms with E-state index in [0.717, 1.165) is 0 Å². The van der Waals surface area contributed by atoms with Crippen LogP contribution in [-0.4, -0.2) is 18.9 Å². The predicted molar refractivity (Wildman–Crippen MR) is 48.1 cm³/mol. The monoisotopic (exact) mass is 184 g/mol. The molecule has 13 heavy (non-hydrogen) atoms. The van der Waals surface area contributed by atoms with Crippen molar-refractivity contribution in [3.05, 3.63) is 0 Å². The van der Waals surface area contributed by atoms with Crippen molar-refractivity contribution in [3.8, 4) is 0 Å². The Hall–Kier alpha value is -0.860. The molecule has 0 saturated heterocycles. The van der Waals surface area contributed by atoms with Crippen LogP contribution in [0.1, 0.15) is 27.2 Å². The summed E-state index contributed by atoms with van der Waals surface area (Å²) in [4.78, 5) is 23.1. The number of esters is 1. The average Bonchev–Trinajstić information content (AvgIpc) is 2.30. The van der Waals surface area contributed by atoms with Crippen LogP contribution in [0.25, 0.3) is 0 Å². The molecule has 3 heteroatoms. The minimum atomic E-state index is -0.909. The Balaban J connectivity index is 3.00. The van der Waals surface area contributed by atoms with Gasteiger partial charge in [0.05, 0.1) is 7.11 Å². The molecule has 0 unspecified atom stereocenters. The largest absolute Gasteiger partial charge is 0.468 e. The number of Topliss-reactive ketones (excluding diaryl/α,β-unsaturated/α-hetero) is 1. The number of carbonyl (C=O) groups is 2. The maximum Gasteiger partial charge on any atom is 0.319 e. The summed E-state index contributed by atoms with van der Waals surface area (Å²) >= 11 is 0. The topological polar surface area (TPSA) is 43.4 Å². The maximum atomic E-state index is 11.6. The molecule has 1 fully saturated rings. The van der Waals surface area contributed by atoms with Gasteiger partial charge in [-0.3, -0.25) is 9.59 Å². The van der Waals surface area contributed by atoms with E-state index in [-0.39, 0.29) is 17.6 Å². The number of hydrogen-bond acceptors (Lipinski definition) is 3. The van der Waals surface area contributed by atoms with E-state index >= 15 is 0 Å². The molecule has 1 aliphatic carbocycles. The van der Waals surface area contributed by atoms with Crippen LogP contribution in [-0.2, 0) is 14.3 Å². The molecule has 1 rings (SSSR count). The summed E-state index contributed by atoms with van der Waals surface area (Å²) < 4.78 is 4.67. The van der Waals surface area contributed by atoms with Gasteiger partial charge in [0.25, 0.3) is 0 Å². The number of hydrogen-bond donors (Lipinski definition) is 0. The Morgan fingerprint density at radius 3 is 2.38 bits per heavy atom. The lowest BCUT2D eigenvalue weighted by Gasteiger charge is -2.25. The molecule has 0 spiro atoms. The van der Waals surface area contributed by atoms with Crippen LogP contribution in [0.4, 0.5) is 0 Å². The highest BCUT2D eigenvalue weighted by atomic mass is 16.5. The Morgan fingerprint density at radius 1 is 1.54 bits per heavy atom. The minimum Gasteiger partial charge on any atom is -0.468 e. The second kappa shape index (κ2) is 3.13. The van der Waals surface area contributed by atoms with E-state index in [4.69, 9.17) is 0 Å². The van der Waals surface area contributed by atoms with E-state index in [9.17, 15) is 9.59 Å². The van der Waals surface area contributed by atoms with Gasteiger partial charge in [-0.25, -0.2) is 0 Å². The van der Waals surface area contributed by atoms with Crippen molar-refractivity contribution in [3.63, 3.8) is 0 Å². The van der Waals surface area contributed by atoms with Crippen molar-refractivity contribution in [2.45, 2.75) is 27.2 Å². The van der Waals surface area contributed by atoms with E-state index in [1.807, 2.05) is 13.8 Å². The maximum absolute atomic E-state index is 11.6. The molecule has 0 aromatic rings. The molecular formula is C10H16O3. The first-order chi connectivity index (χ1) is 5.94. The lowest BCUT2D eigenvalue weighted by molar-refractivity contribution is -0.157. The molecule has 0 aliphatic heterocycles. The summed E-state index contributed by atoms with van der Waals surface area (Å²) in [6, 6.07) is 0. The van der Waals surface area contributed by atoms with Gasteiger partial charge in [-0.2, -0.15) is 0 Å². The van der Waals surface area contributed by atoms with Crippen LogP contribution < -0.4 is 0 Å². The number of rotatable bonds is 1. The van der Waals surface area contributed by atoms with Gasteiger partial charge >= 0.3 is 5.97 Å². The van der Waals surface area contributed by atoms with Gasteiger partial charge in [0.2, 0.25) is 0 Å². The highest BCUT2D eigenvalue weighted by Crippen LogP contribution is 2.44. The zero-order chi connectivity index (χ0) is 10.2. The van der Waals surface area contributed by atoms with Crippen LogP contribution in [0.2, 0.25) is 0 Å². The average molecular weight is 184 g/mol. The second-order valence-electron chi connectivity index (χ2n) is 4.09.